The van der Waals surface area contributed by atoms with Gasteiger partial charge >= 0.3 is 29.1 Å². The third-order valence-corrected chi connectivity index (χ3v) is 16.7. The molecule has 6 aromatic rings. The van der Waals surface area contributed by atoms with E-state index >= 15 is 0 Å². The molecule has 0 saturated carbocycles. The number of imidazole rings is 3. The lowest BCUT2D eigenvalue weighted by Crippen LogP contribution is -2.46. The molecule has 3 saturated heterocycles. The topological polar surface area (TPSA) is 565 Å². The predicted molar refractivity (Wildman–Crippen MR) is 237 cm³/mol. The third-order valence-electron chi connectivity index (χ3n) is 11.5. The Labute approximate surface area is 414 Å². The summed E-state index contributed by atoms with van der Waals surface area (Å²) in [4.78, 5) is 97.9. The molecule has 9 rings (SSSR count). The molecule has 0 amide bonds. The number of nitrogen functional groups attached to an aromatic ring is 3. The zero-order valence-electron chi connectivity index (χ0n) is 37.9. The normalized spacial score (nSPS) is 30.5. The van der Waals surface area contributed by atoms with Crippen molar-refractivity contribution in [3.63, 3.8) is 0 Å². The highest BCUT2D eigenvalue weighted by Gasteiger charge is 2.53. The highest BCUT2D eigenvalue weighted by Crippen LogP contribution is 2.67. The first-order chi connectivity index (χ1) is 35.2. The van der Waals surface area contributed by atoms with Crippen LogP contribution < -0.4 is 37.8 Å². The van der Waals surface area contributed by atoms with Crippen LogP contribution in [0.2, 0.25) is 0 Å². The van der Waals surface area contributed by atoms with Crippen molar-refractivity contribution in [2.75, 3.05) is 44.1 Å². The second kappa shape index (κ2) is 20.3. The molecule has 6 aromatic heterocycles. The fourth-order valence-corrected chi connectivity index (χ4v) is 12.7. The van der Waals surface area contributed by atoms with Gasteiger partial charge in [-0.3, -0.25) is 51.4 Å². The molecule has 9 heterocycles. The number of aryl methyl sites for hydroxylation is 1. The Hall–Kier alpha value is -5.15. The van der Waals surface area contributed by atoms with Crippen LogP contribution >= 0.6 is 31.3 Å². The summed E-state index contributed by atoms with van der Waals surface area (Å²) in [5.41, 5.74) is 15.3. The van der Waals surface area contributed by atoms with Crippen LogP contribution in [-0.4, -0.2) is 171 Å². The number of hydrogen-bond acceptors (Lipinski definition) is 30. The van der Waals surface area contributed by atoms with Gasteiger partial charge in [-0.25, -0.2) is 42.5 Å². The second-order valence-corrected chi connectivity index (χ2v) is 22.4. The van der Waals surface area contributed by atoms with Gasteiger partial charge in [0.2, 0.25) is 17.7 Å². The van der Waals surface area contributed by atoms with E-state index in [-0.39, 0.29) is 51.2 Å². The average molecular weight is 1150 g/mol. The Bertz CT molecular complexity index is 3470. The van der Waals surface area contributed by atoms with Crippen molar-refractivity contribution in [1.29, 1.82) is 0 Å². The van der Waals surface area contributed by atoms with E-state index in [1.165, 1.54) is 22.5 Å². The summed E-state index contributed by atoms with van der Waals surface area (Å²) in [6.45, 7) is -3.49. The molecule has 0 aliphatic carbocycles. The molecule has 3 fully saturated rings. The van der Waals surface area contributed by atoms with Gasteiger partial charge < -0.3 is 80.7 Å². The molecule has 43 heteroatoms. The molecule has 0 radical (unpaired) electrons. The quantitative estimate of drug-likeness (QED) is 0.0266. The van der Waals surface area contributed by atoms with E-state index in [1.807, 2.05) is 0 Å². The van der Waals surface area contributed by atoms with E-state index in [1.54, 1.807) is 0 Å². The van der Waals surface area contributed by atoms with Gasteiger partial charge in [0.05, 0.1) is 39.5 Å². The lowest BCUT2D eigenvalue weighted by atomic mass is 10.1. The minimum atomic E-state index is -6.27. The summed E-state index contributed by atoms with van der Waals surface area (Å²) in [5, 5.41) is 43.1. The Balaban J connectivity index is 0.862. The van der Waals surface area contributed by atoms with E-state index in [0.717, 1.165) is 35.2 Å². The van der Waals surface area contributed by atoms with Crippen LogP contribution in [0.1, 0.15) is 18.7 Å². The fourth-order valence-electron chi connectivity index (χ4n) is 8.28. The number of aliphatic hydroxyl groups excluding tert-OH is 4. The maximum Gasteiger partial charge on any atom is 0.487 e. The Morgan fingerprint density at radius 2 is 1.31 bits per heavy atom. The number of nitrogens with zero attached hydrogens (tertiary/aromatic N) is 10. The van der Waals surface area contributed by atoms with Gasteiger partial charge in [0.1, 0.15) is 66.8 Å². The number of anilines is 3. The van der Waals surface area contributed by atoms with Crippen LogP contribution in [0.5, 0.6) is 0 Å². The zero-order chi connectivity index (χ0) is 54.3. The smallest absolute Gasteiger partial charge is 0.487 e. The van der Waals surface area contributed by atoms with Crippen molar-refractivity contribution in [1.82, 2.24) is 53.6 Å². The van der Waals surface area contributed by atoms with Crippen LogP contribution in [0.3, 0.4) is 0 Å². The van der Waals surface area contributed by atoms with Gasteiger partial charge in [-0.15, -0.1) is 0 Å². The highest BCUT2D eigenvalue weighted by molar-refractivity contribution is 7.66. The molecule has 75 heavy (non-hydrogen) atoms. The molecular weight excluding hydrogens is 1100 g/mol. The number of aromatic nitrogens is 12. The maximum absolute atomic E-state index is 13.7. The van der Waals surface area contributed by atoms with Crippen molar-refractivity contribution in [3.05, 3.63) is 46.0 Å². The molecule has 0 aromatic carbocycles. The number of aliphatic hydroxyl groups is 4. The number of ether oxygens (including phenoxy) is 4. The minimum absolute atomic E-state index is 0.000139. The number of hydrogen-bond donors (Lipinski definition) is 12. The van der Waals surface area contributed by atoms with Crippen molar-refractivity contribution in [2.24, 2.45) is 7.05 Å². The van der Waals surface area contributed by atoms with Crippen LogP contribution in [0.4, 0.5) is 17.7 Å². The van der Waals surface area contributed by atoms with E-state index in [0.29, 0.717) is 0 Å². The average Bonchev–Trinajstić information content (AvgIpc) is 4.17. The molecule has 0 bridgehead atoms. The van der Waals surface area contributed by atoms with Crippen LogP contribution in [0, 0.1) is 0 Å². The van der Waals surface area contributed by atoms with Crippen molar-refractivity contribution >= 4 is 82.5 Å². The Morgan fingerprint density at radius 1 is 0.707 bits per heavy atom. The summed E-state index contributed by atoms with van der Waals surface area (Å²) in [6, 6.07) is 0. The number of rotatable bonds is 19. The fraction of sp³-hybridized carbons (Fsp3) is 0.531. The van der Waals surface area contributed by atoms with Gasteiger partial charge in [-0.2, -0.15) is 9.29 Å². The summed E-state index contributed by atoms with van der Waals surface area (Å²) in [6.07, 6.45) is -16.0. The number of fused-ring (bicyclic) bond motifs is 3. The molecule has 3 aliphatic heterocycles. The lowest BCUT2D eigenvalue weighted by Gasteiger charge is -2.27. The minimum Gasteiger partial charge on any atom is -0.756 e. The monoisotopic (exact) mass is 1150 g/mol. The summed E-state index contributed by atoms with van der Waals surface area (Å²) in [7, 11) is -21.3. The van der Waals surface area contributed by atoms with Crippen molar-refractivity contribution in [2.45, 2.75) is 73.6 Å². The molecule has 39 nitrogen and oxygen atoms in total. The molecule has 0 spiro atoms. The van der Waals surface area contributed by atoms with Crippen LogP contribution in [0.15, 0.2) is 34.9 Å². The van der Waals surface area contributed by atoms with Crippen molar-refractivity contribution < 1.29 is 108 Å². The number of nitrogens with one attached hydrogen (secondary N) is 2. The van der Waals surface area contributed by atoms with E-state index in [9.17, 15) is 67.8 Å². The summed E-state index contributed by atoms with van der Waals surface area (Å²) >= 11 is 0. The van der Waals surface area contributed by atoms with Gasteiger partial charge in [0.25, 0.3) is 24.9 Å². The number of methoxy groups -OCH3 is 1. The number of phosphoric ester groups is 3. The van der Waals surface area contributed by atoms with Gasteiger partial charge in [-0.05, 0) is 0 Å². The molecule has 3 aliphatic rings. The molecule has 410 valence electrons. The number of H-pyrrole nitrogens is 2. The van der Waals surface area contributed by atoms with Crippen LogP contribution in [-0.2, 0) is 71.0 Å². The first-order valence-corrected chi connectivity index (χ1v) is 27.1. The largest absolute Gasteiger partial charge is 0.756 e. The third kappa shape index (κ3) is 10.9. The molecule has 16 atom stereocenters. The van der Waals surface area contributed by atoms with Gasteiger partial charge in [0.15, 0.2) is 41.4 Å². The number of nitrogens with two attached hydrogens (primary N) is 3. The number of phosphoric acid groups is 4. The Kier molecular flexibility index (Phi) is 14.8. The highest BCUT2D eigenvalue weighted by atomic mass is 31.3. The molecule has 4 unspecified atom stereocenters. The molecular formula is C32H43N15O24P4. The van der Waals surface area contributed by atoms with E-state index in [2.05, 4.69) is 53.0 Å². The molecule has 15 N–H and O–H groups in total. The maximum atomic E-state index is 13.7. The van der Waals surface area contributed by atoms with Crippen molar-refractivity contribution in [3.8, 4) is 0 Å². The standard InChI is InChI=1S/C32H43N15O24P4/c1-44-9-47(25-15(44)27(53)43-32(35)41-25)29-19(51)17(49)11(67-29)4-64-73(56,57)70-75(60,61)71-74(58,59)65-5-12-20(21(62-2)30(68-12)45-7-38-13-22(33)36-6-37-23(13)45)69-72(54,55)63-3-10-16(48)18(50)28(66-10)46-8-39-14-24(46)40-31(34)42-26(14)52/h6-12,16-21,28-30,48-51H,3-5H2,1-2H3,(H11-,33,34,35,36,37,40,41,42,43,52,53,54,55,56,57,58,59,60,61)/t10-,11-,12-,16-,17-,18-,19-,20-,21-,28-,29-,30-/m1/s1. The summed E-state index contributed by atoms with van der Waals surface area (Å²) < 4.78 is 108. The van der Waals surface area contributed by atoms with Gasteiger partial charge in [0, 0.05) is 7.11 Å². The first kappa shape index (κ1) is 54.6. The summed E-state index contributed by atoms with van der Waals surface area (Å²) in [5.74, 6) is -0.731. The lowest BCUT2D eigenvalue weighted by molar-refractivity contribution is -0.745. The Morgan fingerprint density at radius 3 is 2.03 bits per heavy atom. The number of aromatic amines is 2. The van der Waals surface area contributed by atoms with E-state index < -0.39 is 136 Å². The van der Waals surface area contributed by atoms with Crippen LogP contribution in [0.25, 0.3) is 33.5 Å². The zero-order valence-corrected chi connectivity index (χ0v) is 41.5. The predicted octanol–water partition coefficient (Wildman–Crippen LogP) is -5.34. The second-order valence-electron chi connectivity index (χ2n) is 16.4. The first-order valence-electron chi connectivity index (χ1n) is 21.1. The SMILES string of the molecule is CO[C@@H]1[C@H](OP(=O)(O)OC[C@H]2O[C@@H](n3cnc4c(=O)[nH]c(N)nc43)[C@H](O)[C@@H]2O)[C@@H](COP(=O)(O)OP(=O)(O)OP(=O)([O-])OC[C@H]2O[C@@H]([n+]3cn(C)c4c(=O)[nH]c(N)nc43)[C@H](O)[C@@H]2O)O[C@H]1n1cnc2c(N)ncnc21. The van der Waals surface area contributed by atoms with E-state index in [4.69, 9.17) is 49.7 Å². The van der Waals surface area contributed by atoms with Gasteiger partial charge in [-0.1, -0.05) is 4.98 Å².